The Kier molecular flexibility index (Phi) is 26.9. The molecule has 0 spiro atoms. The average molecular weight is 948 g/mol. The van der Waals surface area contributed by atoms with Crippen molar-refractivity contribution >= 4 is 71.0 Å². The number of nitrogens with two attached hydrogens (primary N) is 1. The zero-order chi connectivity index (χ0) is 51.0. The molecule has 66 heavy (non-hydrogen) atoms. The molecule has 28 heteroatoms. The minimum Gasteiger partial charge on any atom is -0.481 e. The summed E-state index contributed by atoms with van der Waals surface area (Å²) in [4.78, 5) is 149. The number of amides is 10. The monoisotopic (exact) mass is 947 g/mol. The van der Waals surface area contributed by atoms with Crippen molar-refractivity contribution in [1.29, 1.82) is 0 Å². The van der Waals surface area contributed by atoms with Crippen LogP contribution in [0.25, 0.3) is 0 Å². The molecule has 0 aliphatic heterocycles. The molecule has 0 aliphatic rings. The molecule has 374 valence electrons. The van der Waals surface area contributed by atoms with Gasteiger partial charge in [-0.2, -0.15) is 0 Å². The van der Waals surface area contributed by atoms with Gasteiger partial charge >= 0.3 is 11.9 Å². The van der Waals surface area contributed by atoms with Crippen molar-refractivity contribution < 1.29 is 83.1 Å². The normalized spacial score (nSPS) is 15.0. The maximum absolute atomic E-state index is 13.1. The molecule has 0 aromatic carbocycles. The van der Waals surface area contributed by atoms with Gasteiger partial charge in [-0.1, -0.05) is 27.7 Å². The lowest BCUT2D eigenvalue weighted by molar-refractivity contribution is -0.143. The number of aliphatic hydroxyl groups excluding tert-OH is 3. The minimum atomic E-state index is -1.66. The Labute approximate surface area is 379 Å². The summed E-state index contributed by atoms with van der Waals surface area (Å²) in [5.41, 5.74) is 5.22. The first-order valence-corrected chi connectivity index (χ1v) is 20.7. The topological polar surface area (TPSA) is 452 Å². The van der Waals surface area contributed by atoms with Gasteiger partial charge in [0.15, 0.2) is 0 Å². The largest absolute Gasteiger partial charge is 0.481 e. The van der Waals surface area contributed by atoms with E-state index in [1.54, 1.807) is 27.7 Å². The van der Waals surface area contributed by atoms with Gasteiger partial charge in [0.05, 0.1) is 32.9 Å². The molecule has 0 unspecified atom stereocenters. The van der Waals surface area contributed by atoms with E-state index in [-0.39, 0.29) is 18.8 Å². The predicted octanol–water partition coefficient (Wildman–Crippen LogP) is -7.89. The Balaban J connectivity index is 5.28. The molecule has 0 fully saturated rings. The second-order valence-corrected chi connectivity index (χ2v) is 15.7. The van der Waals surface area contributed by atoms with E-state index in [9.17, 15) is 78.0 Å². The quantitative estimate of drug-likeness (QED) is 0.0318. The molecule has 0 saturated heterocycles. The summed E-state index contributed by atoms with van der Waals surface area (Å²) >= 11 is 0. The molecule has 0 rings (SSSR count). The number of carboxylic acids is 2. The molecule has 28 nitrogen and oxygen atoms in total. The molecule has 0 saturated carbocycles. The van der Waals surface area contributed by atoms with Gasteiger partial charge in [-0.15, -0.1) is 0 Å². The van der Waals surface area contributed by atoms with E-state index in [4.69, 9.17) is 10.8 Å². The average Bonchev–Trinajstić information content (AvgIpc) is 3.24. The van der Waals surface area contributed by atoms with Crippen molar-refractivity contribution in [3.63, 3.8) is 0 Å². The summed E-state index contributed by atoms with van der Waals surface area (Å²) in [6, 6.07) is -13.1. The fourth-order valence-corrected chi connectivity index (χ4v) is 5.42. The molecular formula is C38H65N11O17. The molecule has 0 radical (unpaired) electrons. The number of hydrogen-bond donors (Lipinski definition) is 16. The summed E-state index contributed by atoms with van der Waals surface area (Å²) in [7, 11) is 0. The van der Waals surface area contributed by atoms with Crippen LogP contribution < -0.4 is 58.9 Å². The molecule has 0 heterocycles. The molecule has 0 aliphatic carbocycles. The summed E-state index contributed by atoms with van der Waals surface area (Å²) in [5, 5.41) is 70.0. The zero-order valence-electron chi connectivity index (χ0n) is 37.7. The maximum atomic E-state index is 13.1. The van der Waals surface area contributed by atoms with Gasteiger partial charge < -0.3 is 84.4 Å². The van der Waals surface area contributed by atoms with Crippen LogP contribution in [-0.2, 0) is 57.5 Å². The number of aliphatic carboxylic acids is 2. The third-order valence-electron chi connectivity index (χ3n) is 9.20. The third kappa shape index (κ3) is 21.9. The first-order valence-electron chi connectivity index (χ1n) is 20.7. The summed E-state index contributed by atoms with van der Waals surface area (Å²) in [6.07, 6.45) is -0.852. The molecule has 9 atom stereocenters. The van der Waals surface area contributed by atoms with E-state index in [1.807, 2.05) is 0 Å². The van der Waals surface area contributed by atoms with Crippen LogP contribution in [0.1, 0.15) is 67.7 Å². The molecule has 17 N–H and O–H groups in total. The summed E-state index contributed by atoms with van der Waals surface area (Å²) in [6.45, 7) is 5.99. The fraction of sp³-hybridized carbons (Fsp3) is 0.684. The number of hydrogen-bond acceptors (Lipinski definition) is 16. The zero-order valence-corrected chi connectivity index (χ0v) is 37.7. The van der Waals surface area contributed by atoms with Crippen LogP contribution in [0.5, 0.6) is 0 Å². The second-order valence-electron chi connectivity index (χ2n) is 15.7. The van der Waals surface area contributed by atoms with E-state index in [0.29, 0.717) is 0 Å². The lowest BCUT2D eigenvalue weighted by Gasteiger charge is -2.27. The summed E-state index contributed by atoms with van der Waals surface area (Å²) in [5.74, 6) is -13.0. The third-order valence-corrected chi connectivity index (χ3v) is 9.20. The van der Waals surface area contributed by atoms with Gasteiger partial charge in [-0.25, -0.2) is 4.79 Å². The molecule has 0 bridgehead atoms. The highest BCUT2D eigenvalue weighted by molar-refractivity contribution is 5.98. The Morgan fingerprint density at radius 1 is 0.455 bits per heavy atom. The minimum absolute atomic E-state index is 0.0675. The van der Waals surface area contributed by atoms with Gasteiger partial charge in [0.2, 0.25) is 59.1 Å². The van der Waals surface area contributed by atoms with Gasteiger partial charge in [-0.3, -0.25) is 52.7 Å². The Morgan fingerprint density at radius 3 is 1.30 bits per heavy atom. The lowest BCUT2D eigenvalue weighted by Crippen LogP contribution is -2.60. The van der Waals surface area contributed by atoms with E-state index < -0.39 is 171 Å². The van der Waals surface area contributed by atoms with Crippen LogP contribution in [0.3, 0.4) is 0 Å². The maximum Gasteiger partial charge on any atom is 0.326 e. The van der Waals surface area contributed by atoms with Crippen LogP contribution in [0.2, 0.25) is 0 Å². The van der Waals surface area contributed by atoms with Crippen LogP contribution in [0.4, 0.5) is 0 Å². The van der Waals surface area contributed by atoms with Gasteiger partial charge in [0, 0.05) is 6.42 Å². The highest BCUT2D eigenvalue weighted by Crippen LogP contribution is 2.07. The van der Waals surface area contributed by atoms with Gasteiger partial charge in [0.25, 0.3) is 0 Å². The van der Waals surface area contributed by atoms with Gasteiger partial charge in [-0.05, 0) is 45.4 Å². The number of aliphatic hydroxyl groups is 3. The van der Waals surface area contributed by atoms with Crippen LogP contribution in [0, 0.1) is 11.8 Å². The fourth-order valence-electron chi connectivity index (χ4n) is 5.42. The van der Waals surface area contributed by atoms with E-state index in [1.165, 1.54) is 20.8 Å². The molecular weight excluding hydrogens is 882 g/mol. The number of carbonyl (C=O) groups is 12. The molecule has 0 aromatic rings. The number of rotatable bonds is 30. The first-order chi connectivity index (χ1) is 30.7. The van der Waals surface area contributed by atoms with E-state index >= 15 is 0 Å². The Hall–Kier alpha value is -6.52. The van der Waals surface area contributed by atoms with Crippen molar-refractivity contribution in [2.45, 2.75) is 122 Å². The number of nitrogens with one attached hydrogen (secondary N) is 10. The van der Waals surface area contributed by atoms with E-state index in [0.717, 1.165) is 0 Å². The number of carbonyl (C=O) groups excluding carboxylic acids is 10. The van der Waals surface area contributed by atoms with Crippen molar-refractivity contribution in [3.05, 3.63) is 0 Å². The highest BCUT2D eigenvalue weighted by atomic mass is 16.4. The Bertz CT molecular complexity index is 1750. The first kappa shape index (κ1) is 59.5. The van der Waals surface area contributed by atoms with Gasteiger partial charge in [0.1, 0.15) is 54.4 Å². The van der Waals surface area contributed by atoms with E-state index in [2.05, 4.69) is 53.2 Å². The van der Waals surface area contributed by atoms with Crippen LogP contribution >= 0.6 is 0 Å². The standard InChI is InChI=1S/C38H65N11O17/c1-16(2)10-22(38(65)66)45-36(63)25(15-52)48-37(64)29(17(3)4)49-32(59)20(7)43-34(61)23(13-50)46-31(58)19(6)41-27(54)12-40-30(57)18(5)42-35(62)24(14-51)47-33(60)21(8-9-28(55)56)44-26(53)11-39/h16-25,29,50-52H,8-15,39H2,1-7H3,(H,40,57)(H,41,54)(H,42,62)(H,43,61)(H,44,53)(H,45,63)(H,46,58)(H,47,60)(H,48,64)(H,49,59)(H,55,56)(H,65,66)/t18-,19-,20-,21-,22-,23-,24-,25-,29-/m0/s1. The predicted molar refractivity (Wildman–Crippen MR) is 227 cm³/mol. The molecule has 0 aromatic heterocycles. The van der Waals surface area contributed by atoms with Crippen molar-refractivity contribution in [2.24, 2.45) is 17.6 Å². The van der Waals surface area contributed by atoms with Crippen LogP contribution in [-0.4, -0.2) is 184 Å². The smallest absolute Gasteiger partial charge is 0.326 e. The van der Waals surface area contributed by atoms with Crippen molar-refractivity contribution in [3.8, 4) is 0 Å². The second kappa shape index (κ2) is 29.8. The van der Waals surface area contributed by atoms with Crippen LogP contribution in [0.15, 0.2) is 0 Å². The van der Waals surface area contributed by atoms with Crippen molar-refractivity contribution in [1.82, 2.24) is 53.2 Å². The lowest BCUT2D eigenvalue weighted by atomic mass is 10.0. The van der Waals surface area contributed by atoms with Crippen molar-refractivity contribution in [2.75, 3.05) is 32.9 Å². The Morgan fingerprint density at radius 2 is 0.864 bits per heavy atom. The summed E-state index contributed by atoms with van der Waals surface area (Å²) < 4.78 is 0. The number of carboxylic acid groups (broad SMARTS) is 2. The highest BCUT2D eigenvalue weighted by Gasteiger charge is 2.34. The molecule has 10 amide bonds. The SMILES string of the molecule is CC(C)C[C@H](NC(=O)[C@H](CO)NC(=O)[C@@H](NC(=O)[C@H](C)NC(=O)[C@H](CO)NC(=O)[C@H](C)NC(=O)CNC(=O)[C@H](C)NC(=O)[C@H](CO)NC(=O)[C@H](CCC(=O)O)NC(=O)CN)C(C)C)C(=O)O.